The fraction of sp³-hybridized carbons (Fsp3) is 0.211. The zero-order chi connectivity index (χ0) is 18.1. The number of primary amides is 1. The zero-order valence-electron chi connectivity index (χ0n) is 14.3. The molecule has 0 aliphatic rings. The van der Waals surface area contributed by atoms with Gasteiger partial charge in [0.2, 0.25) is 5.91 Å². The van der Waals surface area contributed by atoms with Crippen molar-refractivity contribution < 1.29 is 4.79 Å². The minimum Gasteiger partial charge on any atom is -0.369 e. The summed E-state index contributed by atoms with van der Waals surface area (Å²) in [4.78, 5) is 29.2. The Labute approximate surface area is 149 Å². The molecule has 1 aromatic heterocycles. The summed E-state index contributed by atoms with van der Waals surface area (Å²) in [5, 5.41) is 0.505. The third kappa shape index (κ3) is 3.30. The fourth-order valence-corrected chi connectivity index (χ4v) is 3.55. The first-order valence-corrected chi connectivity index (χ1v) is 8.82. The van der Waals surface area contributed by atoms with Gasteiger partial charge in [0, 0.05) is 0 Å². The van der Waals surface area contributed by atoms with Gasteiger partial charge >= 0.3 is 0 Å². The lowest BCUT2D eigenvalue weighted by atomic mass is 10.1. The first-order chi connectivity index (χ1) is 11.9. The normalized spacial score (nSPS) is 12.3. The van der Waals surface area contributed by atoms with E-state index in [9.17, 15) is 9.59 Å². The Morgan fingerprint density at radius 2 is 1.92 bits per heavy atom. The Hall–Kier alpha value is -2.60. The number of hydrogen-bond donors (Lipinski definition) is 1. The summed E-state index contributed by atoms with van der Waals surface area (Å²) in [5.74, 6) is -0.445. The first kappa shape index (κ1) is 17.2. The molecule has 1 unspecified atom stereocenters. The van der Waals surface area contributed by atoms with Crippen molar-refractivity contribution in [3.05, 3.63) is 63.9 Å². The number of rotatable bonds is 4. The van der Waals surface area contributed by atoms with E-state index < -0.39 is 11.2 Å². The summed E-state index contributed by atoms with van der Waals surface area (Å²) in [7, 11) is 0. The van der Waals surface area contributed by atoms with E-state index in [1.165, 1.54) is 11.8 Å². The molecule has 25 heavy (non-hydrogen) atoms. The van der Waals surface area contributed by atoms with Gasteiger partial charge in [-0.15, -0.1) is 0 Å². The van der Waals surface area contributed by atoms with E-state index in [4.69, 9.17) is 5.73 Å². The molecule has 2 N–H and O–H groups in total. The summed E-state index contributed by atoms with van der Waals surface area (Å²) >= 11 is 1.19. The highest BCUT2D eigenvalue weighted by atomic mass is 32.2. The fourth-order valence-electron chi connectivity index (χ4n) is 2.68. The SMILES string of the molecule is Cc1ccc(-n2c(SC(C)C(N)=O)nc3ccccc3c2=O)c(C)c1. The van der Waals surface area contributed by atoms with Gasteiger partial charge in [-0.2, -0.15) is 0 Å². The molecule has 6 heteroatoms. The minimum atomic E-state index is -0.495. The Morgan fingerprint density at radius 1 is 1.20 bits per heavy atom. The van der Waals surface area contributed by atoms with Crippen LogP contribution in [0.15, 0.2) is 52.4 Å². The van der Waals surface area contributed by atoms with Gasteiger partial charge in [-0.1, -0.05) is 41.6 Å². The number of benzene rings is 2. The summed E-state index contributed by atoms with van der Waals surface area (Å²) in [6.45, 7) is 5.67. The number of nitrogens with zero attached hydrogens (tertiary/aromatic N) is 2. The lowest BCUT2D eigenvalue weighted by molar-refractivity contribution is -0.117. The number of carbonyl (C=O) groups is 1. The van der Waals surface area contributed by atoms with E-state index in [2.05, 4.69) is 4.98 Å². The van der Waals surface area contributed by atoms with Crippen LogP contribution in [0, 0.1) is 13.8 Å². The molecule has 3 rings (SSSR count). The van der Waals surface area contributed by atoms with Crippen molar-refractivity contribution in [2.24, 2.45) is 5.73 Å². The molecule has 0 bridgehead atoms. The van der Waals surface area contributed by atoms with Gasteiger partial charge in [-0.05, 0) is 44.5 Å². The van der Waals surface area contributed by atoms with Crippen molar-refractivity contribution in [3.63, 3.8) is 0 Å². The highest BCUT2D eigenvalue weighted by molar-refractivity contribution is 8.00. The van der Waals surface area contributed by atoms with Crippen LogP contribution in [0.3, 0.4) is 0 Å². The van der Waals surface area contributed by atoms with Crippen LogP contribution in [-0.4, -0.2) is 20.7 Å². The smallest absolute Gasteiger partial charge is 0.266 e. The standard InChI is InChI=1S/C19H19N3O2S/c1-11-8-9-16(12(2)10-11)22-18(24)14-6-4-5-7-15(14)21-19(22)25-13(3)17(20)23/h4-10,13H,1-3H3,(H2,20,23). The van der Waals surface area contributed by atoms with Gasteiger partial charge in [0.25, 0.3) is 5.56 Å². The Kier molecular flexibility index (Phi) is 4.63. The number of thioether (sulfide) groups is 1. The first-order valence-electron chi connectivity index (χ1n) is 7.94. The maximum atomic E-state index is 13.1. The van der Waals surface area contributed by atoms with E-state index in [1.807, 2.05) is 44.2 Å². The van der Waals surface area contributed by atoms with Crippen LogP contribution in [0.4, 0.5) is 0 Å². The van der Waals surface area contributed by atoms with Crippen LogP contribution in [0.1, 0.15) is 18.1 Å². The van der Waals surface area contributed by atoms with E-state index in [0.717, 1.165) is 16.8 Å². The lowest BCUT2D eigenvalue weighted by Gasteiger charge is -2.17. The predicted molar refractivity (Wildman–Crippen MR) is 101 cm³/mol. The van der Waals surface area contributed by atoms with Crippen LogP contribution in [0.5, 0.6) is 0 Å². The van der Waals surface area contributed by atoms with Gasteiger partial charge in [-0.3, -0.25) is 14.2 Å². The molecule has 0 saturated carbocycles. The van der Waals surface area contributed by atoms with Crippen LogP contribution in [0.2, 0.25) is 0 Å². The average molecular weight is 353 g/mol. The highest BCUT2D eigenvalue weighted by Crippen LogP contribution is 2.26. The van der Waals surface area contributed by atoms with Gasteiger partial charge in [0.15, 0.2) is 5.16 Å². The van der Waals surface area contributed by atoms with Crippen molar-refractivity contribution in [1.82, 2.24) is 9.55 Å². The molecule has 0 spiro atoms. The van der Waals surface area contributed by atoms with Crippen molar-refractivity contribution in [1.29, 1.82) is 0 Å². The van der Waals surface area contributed by atoms with Gasteiger partial charge < -0.3 is 5.73 Å². The van der Waals surface area contributed by atoms with Gasteiger partial charge in [0.1, 0.15) is 0 Å². The predicted octanol–water partition coefficient (Wildman–Crippen LogP) is 2.97. The zero-order valence-corrected chi connectivity index (χ0v) is 15.1. The quantitative estimate of drug-likeness (QED) is 0.578. The molecule has 5 nitrogen and oxygen atoms in total. The second kappa shape index (κ2) is 6.72. The number of amides is 1. The van der Waals surface area contributed by atoms with Crippen LogP contribution >= 0.6 is 11.8 Å². The van der Waals surface area contributed by atoms with Crippen molar-refractivity contribution in [2.45, 2.75) is 31.2 Å². The molecule has 128 valence electrons. The number of nitrogens with two attached hydrogens (primary N) is 1. The van der Waals surface area contributed by atoms with Crippen LogP contribution in [0.25, 0.3) is 16.6 Å². The maximum Gasteiger partial charge on any atom is 0.266 e. The van der Waals surface area contributed by atoms with E-state index in [-0.39, 0.29) is 5.56 Å². The number of para-hydroxylation sites is 1. The maximum absolute atomic E-state index is 13.1. The van der Waals surface area contributed by atoms with E-state index in [0.29, 0.717) is 16.1 Å². The molecule has 0 saturated heterocycles. The number of aromatic nitrogens is 2. The van der Waals surface area contributed by atoms with Crippen molar-refractivity contribution in [3.8, 4) is 5.69 Å². The van der Waals surface area contributed by atoms with Crippen LogP contribution in [-0.2, 0) is 4.79 Å². The van der Waals surface area contributed by atoms with Crippen LogP contribution < -0.4 is 11.3 Å². The second-order valence-electron chi connectivity index (χ2n) is 6.00. The largest absolute Gasteiger partial charge is 0.369 e. The Balaban J connectivity index is 2.32. The molecule has 0 fully saturated rings. The summed E-state index contributed by atoms with van der Waals surface area (Å²) in [6.07, 6.45) is 0. The Bertz CT molecular complexity index is 1030. The minimum absolute atomic E-state index is 0.156. The molecule has 3 aromatic rings. The second-order valence-corrected chi connectivity index (χ2v) is 7.31. The number of carbonyl (C=O) groups excluding carboxylic acids is 1. The van der Waals surface area contributed by atoms with E-state index >= 15 is 0 Å². The van der Waals surface area contributed by atoms with Gasteiger partial charge in [0.05, 0.1) is 21.8 Å². The lowest BCUT2D eigenvalue weighted by Crippen LogP contribution is -2.26. The summed E-state index contributed by atoms with van der Waals surface area (Å²) in [6, 6.07) is 13.1. The third-order valence-electron chi connectivity index (χ3n) is 4.02. The number of aryl methyl sites for hydroxylation is 2. The third-order valence-corrected chi connectivity index (χ3v) is 5.09. The molecular formula is C19H19N3O2S. The monoisotopic (exact) mass is 353 g/mol. The topological polar surface area (TPSA) is 78.0 Å². The molecule has 1 amide bonds. The number of hydrogen-bond acceptors (Lipinski definition) is 4. The van der Waals surface area contributed by atoms with Crippen molar-refractivity contribution >= 4 is 28.6 Å². The van der Waals surface area contributed by atoms with Gasteiger partial charge in [-0.25, -0.2) is 4.98 Å². The number of fused-ring (bicyclic) bond motifs is 1. The molecular weight excluding hydrogens is 334 g/mol. The molecule has 0 aliphatic carbocycles. The Morgan fingerprint density at radius 3 is 2.60 bits per heavy atom. The molecule has 0 aliphatic heterocycles. The highest BCUT2D eigenvalue weighted by Gasteiger charge is 2.19. The molecule has 1 heterocycles. The summed E-state index contributed by atoms with van der Waals surface area (Å²) in [5.41, 5.74) is 8.68. The summed E-state index contributed by atoms with van der Waals surface area (Å²) < 4.78 is 1.57. The van der Waals surface area contributed by atoms with Crippen molar-refractivity contribution in [2.75, 3.05) is 0 Å². The average Bonchev–Trinajstić information content (AvgIpc) is 2.56. The molecule has 0 radical (unpaired) electrons. The molecule has 1 atom stereocenters. The molecule has 2 aromatic carbocycles. The van der Waals surface area contributed by atoms with E-state index in [1.54, 1.807) is 23.6 Å².